The number of imide groups is 2. The van der Waals surface area contributed by atoms with Crippen LogP contribution in [0.25, 0.3) is 0 Å². The van der Waals surface area contributed by atoms with E-state index in [-0.39, 0.29) is 29.3 Å². The Morgan fingerprint density at radius 1 is 0.731 bits per heavy atom. The largest absolute Gasteiger partial charge is 0.274 e. The van der Waals surface area contributed by atoms with Crippen LogP contribution in [0.3, 0.4) is 0 Å². The maximum Gasteiger partial charge on any atom is 0.238 e. The summed E-state index contributed by atoms with van der Waals surface area (Å²) in [4.78, 5) is 53.9. The summed E-state index contributed by atoms with van der Waals surface area (Å²) >= 11 is 0. The van der Waals surface area contributed by atoms with Crippen LogP contribution in [0.5, 0.6) is 0 Å². The molecule has 0 spiro atoms. The van der Waals surface area contributed by atoms with Crippen LogP contribution in [-0.2, 0) is 19.2 Å². The van der Waals surface area contributed by atoms with Crippen LogP contribution >= 0.6 is 0 Å². The fraction of sp³-hybridized carbons (Fsp3) is 0.400. The van der Waals surface area contributed by atoms with Gasteiger partial charge in [-0.15, -0.1) is 0 Å². The first-order valence-electron chi connectivity index (χ1n) is 8.62. The average molecular weight is 352 g/mol. The zero-order valence-corrected chi connectivity index (χ0v) is 14.8. The Hall–Kier alpha value is -2.76. The van der Waals surface area contributed by atoms with Crippen molar-refractivity contribution in [3.63, 3.8) is 0 Å². The zero-order chi connectivity index (χ0) is 19.1. The molecular formula is C20H20N2O4. The minimum absolute atomic E-state index is 0.278. The normalized spacial score (nSPS) is 37.3. The third-order valence-electron chi connectivity index (χ3n) is 6.15. The van der Waals surface area contributed by atoms with E-state index in [2.05, 4.69) is 19.7 Å². The van der Waals surface area contributed by atoms with Gasteiger partial charge in [0.1, 0.15) is 0 Å². The lowest BCUT2D eigenvalue weighted by Gasteiger charge is -2.44. The van der Waals surface area contributed by atoms with Gasteiger partial charge in [0.2, 0.25) is 23.6 Å². The molecule has 1 saturated carbocycles. The molecule has 0 aromatic rings. The summed E-state index contributed by atoms with van der Waals surface area (Å²) in [5, 5.41) is 0. The van der Waals surface area contributed by atoms with Crippen molar-refractivity contribution in [2.75, 3.05) is 0 Å². The summed E-state index contributed by atoms with van der Waals surface area (Å²) in [7, 11) is 0. The Labute approximate surface area is 151 Å². The molecule has 6 atom stereocenters. The molecule has 0 radical (unpaired) electrons. The van der Waals surface area contributed by atoms with Crippen LogP contribution in [0.15, 0.2) is 48.9 Å². The van der Waals surface area contributed by atoms with Crippen LogP contribution in [0.4, 0.5) is 0 Å². The van der Waals surface area contributed by atoms with Crippen LogP contribution in [0.1, 0.15) is 13.8 Å². The van der Waals surface area contributed by atoms with Crippen molar-refractivity contribution >= 4 is 23.6 Å². The van der Waals surface area contributed by atoms with E-state index in [1.807, 2.05) is 12.2 Å². The number of hydrogen-bond acceptors (Lipinski definition) is 4. The molecular weight excluding hydrogens is 332 g/mol. The molecule has 0 aromatic heterocycles. The Morgan fingerprint density at radius 3 is 1.38 bits per heavy atom. The predicted octanol–water partition coefficient (Wildman–Crippen LogP) is 1.63. The summed E-state index contributed by atoms with van der Waals surface area (Å²) in [6.07, 6.45) is 3.66. The molecule has 6 unspecified atom stereocenters. The summed E-state index contributed by atoms with van der Waals surface area (Å²) in [6, 6.07) is 0. The van der Waals surface area contributed by atoms with Gasteiger partial charge in [0.15, 0.2) is 0 Å². The second kappa shape index (κ2) is 5.13. The van der Waals surface area contributed by atoms with Crippen molar-refractivity contribution in [1.29, 1.82) is 0 Å². The maximum absolute atomic E-state index is 13.0. The van der Waals surface area contributed by atoms with E-state index in [0.29, 0.717) is 11.3 Å². The molecule has 6 heteroatoms. The van der Waals surface area contributed by atoms with Gasteiger partial charge in [-0.2, -0.15) is 0 Å². The van der Waals surface area contributed by atoms with Gasteiger partial charge < -0.3 is 0 Å². The second-order valence-corrected chi connectivity index (χ2v) is 7.63. The van der Waals surface area contributed by atoms with E-state index in [9.17, 15) is 19.2 Å². The molecule has 5 aliphatic rings. The molecule has 5 rings (SSSR count). The standard InChI is InChI=1S/C20H20N2O4/c1-8(2)10(5)22-19(25)15-11-6-7-12(16(15)20(22)26)14-13(11)17(23)21(9(3)4)18(14)24/h6-7,11-16H,1,3,5H2,2,4H3. The number of amides is 4. The second-order valence-electron chi connectivity index (χ2n) is 7.63. The number of allylic oxidation sites excluding steroid dienone is 4. The van der Waals surface area contributed by atoms with E-state index in [4.69, 9.17) is 0 Å². The fourth-order valence-corrected chi connectivity index (χ4v) is 5.06. The molecule has 2 saturated heterocycles. The van der Waals surface area contributed by atoms with Crippen LogP contribution < -0.4 is 0 Å². The number of rotatable bonds is 3. The van der Waals surface area contributed by atoms with Crippen LogP contribution in [0, 0.1) is 35.5 Å². The van der Waals surface area contributed by atoms with Crippen molar-refractivity contribution in [1.82, 2.24) is 9.80 Å². The highest BCUT2D eigenvalue weighted by atomic mass is 16.2. The van der Waals surface area contributed by atoms with E-state index >= 15 is 0 Å². The molecule has 3 aliphatic carbocycles. The van der Waals surface area contributed by atoms with Gasteiger partial charge >= 0.3 is 0 Å². The third-order valence-corrected chi connectivity index (χ3v) is 6.15. The van der Waals surface area contributed by atoms with Crippen molar-refractivity contribution in [2.45, 2.75) is 13.8 Å². The lowest BCUT2D eigenvalue weighted by molar-refractivity contribution is -0.137. The molecule has 134 valence electrons. The van der Waals surface area contributed by atoms with Crippen molar-refractivity contribution < 1.29 is 19.2 Å². The number of likely N-dealkylation sites (tertiary alicyclic amines) is 2. The van der Waals surface area contributed by atoms with Gasteiger partial charge in [0.05, 0.1) is 23.7 Å². The summed E-state index contributed by atoms with van der Waals surface area (Å²) in [5.74, 6) is -4.72. The molecule has 3 fully saturated rings. The Kier molecular flexibility index (Phi) is 3.29. The fourth-order valence-electron chi connectivity index (χ4n) is 5.06. The molecule has 2 aliphatic heterocycles. The molecule has 0 N–H and O–H groups in total. The SMILES string of the molecule is C=C(C)C(=C)N1C(=O)C2C3C=CC(C4C(=O)N(C(=C)C)C(=O)C34)C2C1=O. The Balaban J connectivity index is 1.79. The molecule has 2 bridgehead atoms. The summed E-state index contributed by atoms with van der Waals surface area (Å²) < 4.78 is 0. The lowest BCUT2D eigenvalue weighted by atomic mass is 9.54. The van der Waals surface area contributed by atoms with E-state index in [0.717, 1.165) is 9.80 Å². The highest BCUT2D eigenvalue weighted by Gasteiger charge is 2.68. The van der Waals surface area contributed by atoms with Crippen molar-refractivity contribution in [3.05, 3.63) is 48.9 Å². The highest BCUT2D eigenvalue weighted by molar-refractivity contribution is 6.12. The minimum atomic E-state index is -0.628. The number of carbonyl (C=O) groups excluding carboxylic acids is 4. The van der Waals surface area contributed by atoms with Crippen LogP contribution in [-0.4, -0.2) is 33.4 Å². The monoisotopic (exact) mass is 352 g/mol. The van der Waals surface area contributed by atoms with Gasteiger partial charge in [-0.3, -0.25) is 29.0 Å². The van der Waals surface area contributed by atoms with Gasteiger partial charge in [-0.25, -0.2) is 0 Å². The smallest absolute Gasteiger partial charge is 0.238 e. The summed E-state index contributed by atoms with van der Waals surface area (Å²) in [5.41, 5.74) is 1.18. The van der Waals surface area contributed by atoms with E-state index < -0.39 is 35.5 Å². The molecule has 26 heavy (non-hydrogen) atoms. The molecule has 0 aromatic carbocycles. The quantitative estimate of drug-likeness (QED) is 0.440. The topological polar surface area (TPSA) is 74.8 Å². The summed E-state index contributed by atoms with van der Waals surface area (Å²) in [6.45, 7) is 14.6. The predicted molar refractivity (Wildman–Crippen MR) is 92.6 cm³/mol. The van der Waals surface area contributed by atoms with Crippen molar-refractivity contribution in [2.24, 2.45) is 35.5 Å². The highest BCUT2D eigenvalue weighted by Crippen LogP contribution is 2.58. The first kappa shape index (κ1) is 16.7. The maximum atomic E-state index is 13.0. The molecule has 4 amide bonds. The van der Waals surface area contributed by atoms with Crippen molar-refractivity contribution in [3.8, 4) is 0 Å². The Morgan fingerprint density at radius 2 is 1.08 bits per heavy atom. The van der Waals surface area contributed by atoms with Crippen LogP contribution in [0.2, 0.25) is 0 Å². The Bertz CT molecular complexity index is 817. The van der Waals surface area contributed by atoms with E-state index in [1.165, 1.54) is 0 Å². The third kappa shape index (κ3) is 1.76. The number of hydrogen-bond donors (Lipinski definition) is 0. The van der Waals surface area contributed by atoms with Gasteiger partial charge in [0.25, 0.3) is 0 Å². The van der Waals surface area contributed by atoms with Gasteiger partial charge in [0, 0.05) is 23.2 Å². The molecule has 2 heterocycles. The number of carbonyl (C=O) groups is 4. The number of nitrogens with zero attached hydrogens (tertiary/aromatic N) is 2. The lowest BCUT2D eigenvalue weighted by Crippen LogP contribution is -2.50. The minimum Gasteiger partial charge on any atom is -0.274 e. The van der Waals surface area contributed by atoms with E-state index in [1.54, 1.807) is 13.8 Å². The first-order valence-corrected chi connectivity index (χ1v) is 8.62. The van der Waals surface area contributed by atoms with Gasteiger partial charge in [-0.05, 0) is 19.4 Å². The van der Waals surface area contributed by atoms with Gasteiger partial charge in [-0.1, -0.05) is 31.9 Å². The zero-order valence-electron chi connectivity index (χ0n) is 14.8. The first-order chi connectivity index (χ1) is 12.2. The average Bonchev–Trinajstić information content (AvgIpc) is 3.01. The molecule has 6 nitrogen and oxygen atoms in total.